The van der Waals surface area contributed by atoms with E-state index in [4.69, 9.17) is 0 Å². The van der Waals surface area contributed by atoms with E-state index in [0.717, 1.165) is 19.3 Å². The van der Waals surface area contributed by atoms with Crippen molar-refractivity contribution >= 4 is 71.8 Å². The SMILES string of the molecule is CC1=CC2=C3B(c4c(ccc5ccccc45)N(C4=CCC5CCC=CC5=C4)C3C1)C1CC=Cc3c1c2cc1c3sc2ccccc21. The Kier molecular flexibility index (Phi) is 5.25. The van der Waals surface area contributed by atoms with Gasteiger partial charge in [-0.2, -0.15) is 0 Å². The Morgan fingerprint density at radius 2 is 1.76 bits per heavy atom. The second-order valence-electron chi connectivity index (χ2n) is 14.3. The van der Waals surface area contributed by atoms with Crippen molar-refractivity contribution in [3.8, 4) is 0 Å². The van der Waals surface area contributed by atoms with E-state index in [9.17, 15) is 0 Å². The zero-order chi connectivity index (χ0) is 30.1. The molecule has 3 atom stereocenters. The lowest BCUT2D eigenvalue weighted by Gasteiger charge is -2.51. The van der Waals surface area contributed by atoms with Crippen molar-refractivity contribution in [2.24, 2.45) is 5.92 Å². The predicted molar refractivity (Wildman–Crippen MR) is 199 cm³/mol. The second kappa shape index (κ2) is 9.36. The molecule has 6 aliphatic rings. The maximum atomic E-state index is 2.78. The van der Waals surface area contributed by atoms with Crippen LogP contribution in [0.1, 0.15) is 61.5 Å². The highest BCUT2D eigenvalue weighted by molar-refractivity contribution is 7.26. The van der Waals surface area contributed by atoms with E-state index in [0.29, 0.717) is 24.5 Å². The smallest absolute Gasteiger partial charge is 0.219 e. The van der Waals surface area contributed by atoms with Crippen molar-refractivity contribution in [1.82, 2.24) is 0 Å². The van der Waals surface area contributed by atoms with Gasteiger partial charge in [0.1, 0.15) is 0 Å². The molecule has 0 amide bonds. The monoisotopic (exact) mass is 607 g/mol. The summed E-state index contributed by atoms with van der Waals surface area (Å²) in [6.45, 7) is 2.74. The Labute approximate surface area is 274 Å². The summed E-state index contributed by atoms with van der Waals surface area (Å²) in [5.74, 6) is 1.11. The Bertz CT molecular complexity index is 2390. The lowest BCUT2D eigenvalue weighted by molar-refractivity contribution is 0.558. The first-order valence-corrected chi connectivity index (χ1v) is 18.0. The van der Waals surface area contributed by atoms with Crippen LogP contribution < -0.4 is 10.4 Å². The third-order valence-corrected chi connectivity index (χ3v) is 13.1. The van der Waals surface area contributed by atoms with Gasteiger partial charge in [0.05, 0.1) is 6.04 Å². The minimum Gasteiger partial charge on any atom is -0.335 e. The minimum atomic E-state index is 0.323. The highest BCUT2D eigenvalue weighted by Crippen LogP contribution is 2.55. The second-order valence-corrected chi connectivity index (χ2v) is 15.4. The van der Waals surface area contributed by atoms with Crippen LogP contribution in [0.4, 0.5) is 5.69 Å². The lowest BCUT2D eigenvalue weighted by atomic mass is 9.25. The predicted octanol–water partition coefficient (Wildman–Crippen LogP) is 10.7. The van der Waals surface area contributed by atoms with Crippen LogP contribution in [-0.4, -0.2) is 12.8 Å². The molecule has 0 N–H and O–H groups in total. The van der Waals surface area contributed by atoms with Gasteiger partial charge >= 0.3 is 0 Å². The molecule has 5 aromatic rings. The zero-order valence-corrected chi connectivity index (χ0v) is 26.9. The molecule has 4 aliphatic carbocycles. The molecule has 1 nitrogen and oxygen atoms in total. The van der Waals surface area contributed by atoms with E-state index in [-0.39, 0.29) is 0 Å². The summed E-state index contributed by atoms with van der Waals surface area (Å²) >= 11 is 1.98. The van der Waals surface area contributed by atoms with Gasteiger partial charge in [-0.25, -0.2) is 0 Å². The van der Waals surface area contributed by atoms with E-state index < -0.39 is 0 Å². The number of rotatable bonds is 1. The van der Waals surface area contributed by atoms with E-state index in [1.165, 1.54) is 83.0 Å². The molecule has 0 saturated heterocycles. The first-order chi connectivity index (χ1) is 22.7. The third-order valence-electron chi connectivity index (χ3n) is 11.9. The molecule has 2 aliphatic heterocycles. The number of thiophene rings is 1. The topological polar surface area (TPSA) is 3.24 Å². The number of anilines is 1. The van der Waals surface area contributed by atoms with Crippen molar-refractivity contribution in [3.05, 3.63) is 142 Å². The molecule has 0 fully saturated rings. The van der Waals surface area contributed by atoms with Crippen LogP contribution in [0.2, 0.25) is 0 Å². The fourth-order valence-electron chi connectivity index (χ4n) is 10.0. The van der Waals surface area contributed by atoms with Crippen LogP contribution >= 0.6 is 11.3 Å². The zero-order valence-electron chi connectivity index (χ0n) is 26.1. The van der Waals surface area contributed by atoms with Crippen molar-refractivity contribution in [1.29, 1.82) is 0 Å². The standard InChI is InChI=1S/C43H34BNS/c1-25-21-34-33-24-35-31-13-6-7-16-39(31)46-43(35)32-14-8-15-36(40(32)33)44-41-30-12-5-4-10-27(30)18-20-37(41)45(38(22-25)42(34)44)29-19-17-26-9-2-3-11-28(26)23-29/h3-8,10-14,16,18-21,23-24,26,36,38H,2,9,15,17,22H2,1H3. The fourth-order valence-corrected chi connectivity index (χ4v) is 11.3. The first-order valence-electron chi connectivity index (χ1n) is 17.2. The largest absolute Gasteiger partial charge is 0.335 e. The molecule has 1 aromatic heterocycles. The highest BCUT2D eigenvalue weighted by atomic mass is 32.1. The van der Waals surface area contributed by atoms with Crippen LogP contribution in [0.5, 0.6) is 0 Å². The van der Waals surface area contributed by atoms with Crippen LogP contribution in [0.25, 0.3) is 42.6 Å². The molecular formula is C43H34BNS. The lowest BCUT2D eigenvalue weighted by Crippen LogP contribution is -2.58. The van der Waals surface area contributed by atoms with Gasteiger partial charge in [0.15, 0.2) is 0 Å². The Balaban J connectivity index is 1.25. The van der Waals surface area contributed by atoms with Gasteiger partial charge in [-0.1, -0.05) is 96.0 Å². The number of hydrogen-bond donors (Lipinski definition) is 0. The number of fused-ring (bicyclic) bond motifs is 11. The summed E-state index contributed by atoms with van der Waals surface area (Å²) in [7, 11) is 0. The van der Waals surface area contributed by atoms with Gasteiger partial charge in [-0.05, 0) is 119 Å². The van der Waals surface area contributed by atoms with Crippen LogP contribution in [0.3, 0.4) is 0 Å². The fraction of sp³-hybridized carbons (Fsp3) is 0.209. The van der Waals surface area contributed by atoms with Crippen LogP contribution in [0, 0.1) is 5.92 Å². The molecule has 4 aromatic carbocycles. The highest BCUT2D eigenvalue weighted by Gasteiger charge is 2.51. The van der Waals surface area contributed by atoms with Gasteiger partial charge in [0.25, 0.3) is 0 Å². The number of hydrogen-bond acceptors (Lipinski definition) is 2. The van der Waals surface area contributed by atoms with E-state index in [1.807, 2.05) is 11.3 Å². The number of benzene rings is 4. The number of nitrogens with zero attached hydrogens (tertiary/aromatic N) is 1. The van der Waals surface area contributed by atoms with Gasteiger partial charge in [0.2, 0.25) is 6.71 Å². The molecule has 220 valence electrons. The first kappa shape index (κ1) is 25.8. The number of allylic oxidation sites excluding steroid dienone is 8. The summed E-state index contributed by atoms with van der Waals surface area (Å²) in [6.07, 6.45) is 23.2. The minimum absolute atomic E-state index is 0.323. The van der Waals surface area contributed by atoms with E-state index >= 15 is 0 Å². The summed E-state index contributed by atoms with van der Waals surface area (Å²) in [4.78, 5) is 2.78. The normalized spacial score (nSPS) is 24.0. The molecule has 3 heteroatoms. The molecular weight excluding hydrogens is 573 g/mol. The van der Waals surface area contributed by atoms with Crippen molar-refractivity contribution in [2.45, 2.75) is 50.9 Å². The van der Waals surface area contributed by atoms with Gasteiger partial charge in [0, 0.05) is 31.6 Å². The quantitative estimate of drug-likeness (QED) is 0.171. The molecule has 0 spiro atoms. The van der Waals surface area contributed by atoms with Crippen LogP contribution in [-0.2, 0) is 0 Å². The molecule has 46 heavy (non-hydrogen) atoms. The summed E-state index contributed by atoms with van der Waals surface area (Å²) in [5, 5.41) is 5.60. The maximum absolute atomic E-state index is 2.78. The summed E-state index contributed by atoms with van der Waals surface area (Å²) in [6, 6.07) is 26.0. The average molecular weight is 608 g/mol. The Morgan fingerprint density at radius 3 is 2.72 bits per heavy atom. The van der Waals surface area contributed by atoms with Gasteiger partial charge in [-0.15, -0.1) is 11.3 Å². The van der Waals surface area contributed by atoms with E-state index in [1.54, 1.807) is 16.5 Å². The molecule has 0 saturated carbocycles. The Hall–Kier alpha value is -4.34. The van der Waals surface area contributed by atoms with E-state index in [2.05, 4.69) is 121 Å². The van der Waals surface area contributed by atoms with Gasteiger partial charge < -0.3 is 4.90 Å². The summed E-state index contributed by atoms with van der Waals surface area (Å²) in [5.41, 5.74) is 15.1. The molecule has 0 bridgehead atoms. The summed E-state index contributed by atoms with van der Waals surface area (Å²) < 4.78 is 2.85. The van der Waals surface area contributed by atoms with Crippen molar-refractivity contribution in [3.63, 3.8) is 0 Å². The molecule has 3 heterocycles. The Morgan fingerprint density at radius 1 is 0.870 bits per heavy atom. The maximum Gasteiger partial charge on any atom is 0.219 e. The van der Waals surface area contributed by atoms with Gasteiger partial charge in [-0.3, -0.25) is 0 Å². The van der Waals surface area contributed by atoms with Crippen LogP contribution in [0.15, 0.2) is 126 Å². The molecule has 11 rings (SSSR count). The molecule has 3 unspecified atom stereocenters. The van der Waals surface area contributed by atoms with Crippen molar-refractivity contribution in [2.75, 3.05) is 4.90 Å². The average Bonchev–Trinajstić information content (AvgIpc) is 3.48. The van der Waals surface area contributed by atoms with Crippen molar-refractivity contribution < 1.29 is 0 Å². The third kappa shape index (κ3) is 3.37. The molecule has 0 radical (unpaired) electrons.